The van der Waals surface area contributed by atoms with E-state index in [9.17, 15) is 18.5 Å². The zero-order valence-corrected chi connectivity index (χ0v) is 34.4. The summed E-state index contributed by atoms with van der Waals surface area (Å²) in [5.74, 6) is 7.69. The highest BCUT2D eigenvalue weighted by Crippen LogP contribution is 2.76. The zero-order valence-electron chi connectivity index (χ0n) is 33.6. The van der Waals surface area contributed by atoms with Crippen LogP contribution in [-0.4, -0.2) is 76.0 Å². The number of hydrogen-bond donors (Lipinski definition) is 2. The van der Waals surface area contributed by atoms with Crippen LogP contribution in [-0.2, 0) is 14.3 Å². The molecule has 4 saturated carbocycles. The van der Waals surface area contributed by atoms with Gasteiger partial charge in [0, 0.05) is 36.7 Å². The highest BCUT2D eigenvalue weighted by molar-refractivity contribution is 8.00. The van der Waals surface area contributed by atoms with Crippen molar-refractivity contribution in [1.29, 1.82) is 0 Å². The van der Waals surface area contributed by atoms with E-state index < -0.39 is 27.6 Å². The normalized spacial score (nSPS) is 47.5. The summed E-state index contributed by atoms with van der Waals surface area (Å²) in [6.07, 6.45) is 18.2. The van der Waals surface area contributed by atoms with Gasteiger partial charge in [0.15, 0.2) is 0 Å². The smallest absolute Gasteiger partial charge is 0.312 e. The Morgan fingerprint density at radius 1 is 0.962 bits per heavy atom. The quantitative estimate of drug-likeness (QED) is 0.192. The highest BCUT2D eigenvalue weighted by Gasteiger charge is 2.70. The fourth-order valence-electron chi connectivity index (χ4n) is 14.9. The molecule has 0 spiro atoms. The van der Waals surface area contributed by atoms with Gasteiger partial charge in [-0.05, 0) is 175 Å². The predicted octanol–water partition coefficient (Wildman–Crippen LogP) is 9.10. The van der Waals surface area contributed by atoms with Crippen molar-refractivity contribution in [2.45, 2.75) is 131 Å². The van der Waals surface area contributed by atoms with Gasteiger partial charge in [0.05, 0.1) is 5.41 Å². The van der Waals surface area contributed by atoms with Crippen molar-refractivity contribution in [2.75, 3.05) is 44.4 Å². The lowest BCUT2D eigenvalue weighted by Gasteiger charge is -2.72. The third-order valence-electron chi connectivity index (χ3n) is 18.0. The van der Waals surface area contributed by atoms with E-state index in [0.29, 0.717) is 48.9 Å². The molecule has 0 amide bonds. The lowest BCUT2D eigenvalue weighted by atomic mass is 9.33. The molecule has 0 aromatic heterocycles. The van der Waals surface area contributed by atoms with E-state index in [2.05, 4.69) is 76.4 Å². The van der Waals surface area contributed by atoms with Crippen molar-refractivity contribution >= 4 is 21.4 Å². The Morgan fingerprint density at radius 3 is 2.40 bits per heavy atom. The molecule has 52 heavy (non-hydrogen) atoms. The number of fused-ring (bicyclic) bond motifs is 7. The highest BCUT2D eigenvalue weighted by atomic mass is 32.2. The summed E-state index contributed by atoms with van der Waals surface area (Å²) in [5, 5.41) is 14.1. The summed E-state index contributed by atoms with van der Waals surface area (Å²) in [7, 11) is -1.91. The van der Waals surface area contributed by atoms with E-state index in [1.54, 1.807) is 0 Å². The summed E-state index contributed by atoms with van der Waals surface area (Å²) in [6.45, 7) is 23.1. The first-order valence-electron chi connectivity index (χ1n) is 21.0. The van der Waals surface area contributed by atoms with Crippen molar-refractivity contribution in [3.05, 3.63) is 35.5 Å². The standard InChI is InChI=1S/C45H71FN2O3S/c1-31(2)33-14-21-45(47-24-26-48-25-9-28-52(8,51)29-27-48)23-22-42(6)35(38(33)45)10-11-37-41(5)17-15-34(40(3,4)36(41)16-18-43(37,42)7)32-12-19-44(30-46,20-13-32)39(49)50/h12,15,33,35-38,47H,1,8-11,13-14,16-30H2,2-7H3,(H,49,50)/t33-,35+,36-,37+,38+,41-,42+,43+,44-,45-,52?/m0/s1. The van der Waals surface area contributed by atoms with E-state index >= 15 is 0 Å². The Labute approximate surface area is 316 Å². The number of carboxylic acids is 1. The third-order valence-corrected chi connectivity index (χ3v) is 19.9. The second kappa shape index (κ2) is 13.4. The molecular weight excluding hydrogens is 668 g/mol. The first kappa shape index (κ1) is 38.8. The maximum absolute atomic E-state index is 14.0. The fraction of sp³-hybridized carbons (Fsp3) is 0.822. The SMILES string of the molecule is C=C(C)[C@@H]1CC[C@]2(NCCN3CCCS(=C)(=O)CC3)CC[C@]3(C)[C@H](CC[C@@H]4[C@@]5(C)CC=C(C6=CC[C@](CF)(C(=O)O)CC6)C(C)(C)[C@@H]5CC[C@]43C)[C@@H]12. The number of hydrogen-bond acceptors (Lipinski definition) is 4. The fourth-order valence-corrected chi connectivity index (χ4v) is 16.3. The molecule has 0 aromatic carbocycles. The maximum Gasteiger partial charge on any atom is 0.312 e. The van der Waals surface area contributed by atoms with Crippen LogP contribution in [0.5, 0.6) is 0 Å². The van der Waals surface area contributed by atoms with Gasteiger partial charge < -0.3 is 15.3 Å². The van der Waals surface area contributed by atoms with E-state index in [1.165, 1.54) is 68.1 Å². The molecule has 1 heterocycles. The molecular formula is C45H71FN2O3S. The molecule has 6 aliphatic carbocycles. The summed E-state index contributed by atoms with van der Waals surface area (Å²) < 4.78 is 26.7. The van der Waals surface area contributed by atoms with Gasteiger partial charge in [0.2, 0.25) is 0 Å². The van der Waals surface area contributed by atoms with E-state index in [1.807, 2.05) is 0 Å². The van der Waals surface area contributed by atoms with Crippen LogP contribution in [0.3, 0.4) is 0 Å². The van der Waals surface area contributed by atoms with Gasteiger partial charge in [-0.25, -0.2) is 4.39 Å². The second-order valence-corrected chi connectivity index (χ2v) is 23.3. The molecule has 7 aliphatic rings. The van der Waals surface area contributed by atoms with Crippen LogP contribution in [0.15, 0.2) is 35.5 Å². The van der Waals surface area contributed by atoms with Gasteiger partial charge >= 0.3 is 5.97 Å². The number of rotatable bonds is 8. The number of aliphatic carboxylic acids is 1. The first-order valence-corrected chi connectivity index (χ1v) is 23.1. The molecule has 0 radical (unpaired) electrons. The molecule has 0 bridgehead atoms. The zero-order chi connectivity index (χ0) is 37.5. The summed E-state index contributed by atoms with van der Waals surface area (Å²) in [6, 6.07) is 0. The van der Waals surface area contributed by atoms with Crippen molar-refractivity contribution < 1.29 is 18.5 Å². The number of carboxylic acid groups (broad SMARTS) is 1. The minimum atomic E-state index is -1.91. The Bertz CT molecular complexity index is 1620. The Kier molecular flexibility index (Phi) is 9.97. The molecule has 0 aromatic rings. The van der Waals surface area contributed by atoms with Crippen molar-refractivity contribution in [3.8, 4) is 0 Å². The average Bonchev–Trinajstić information content (AvgIpc) is 3.38. The van der Waals surface area contributed by atoms with E-state index in [0.717, 1.165) is 50.5 Å². The molecule has 5 fully saturated rings. The number of allylic oxidation sites excluding steroid dienone is 5. The Balaban J connectivity index is 1.13. The molecule has 7 rings (SSSR count). The van der Waals surface area contributed by atoms with Crippen LogP contribution in [0, 0.1) is 56.7 Å². The minimum absolute atomic E-state index is 0.00347. The molecule has 1 aliphatic heterocycles. The minimum Gasteiger partial charge on any atom is -0.481 e. The number of nitrogens with zero attached hydrogens (tertiary/aromatic N) is 1. The maximum atomic E-state index is 14.0. The third kappa shape index (κ3) is 5.89. The number of nitrogens with one attached hydrogen (secondary N) is 1. The van der Waals surface area contributed by atoms with Gasteiger partial charge in [0.25, 0.3) is 0 Å². The lowest BCUT2D eigenvalue weighted by molar-refractivity contribution is -0.221. The Hall–Kier alpha value is -1.44. The Morgan fingerprint density at radius 2 is 1.73 bits per heavy atom. The molecule has 1 saturated heterocycles. The van der Waals surface area contributed by atoms with Crippen LogP contribution in [0.2, 0.25) is 0 Å². The summed E-state index contributed by atoms with van der Waals surface area (Å²) in [5.41, 5.74) is 3.78. The first-order chi connectivity index (χ1) is 24.4. The van der Waals surface area contributed by atoms with Gasteiger partial charge in [-0.3, -0.25) is 9.00 Å². The predicted molar refractivity (Wildman–Crippen MR) is 215 cm³/mol. The number of alkyl halides is 1. The van der Waals surface area contributed by atoms with Gasteiger partial charge in [0.1, 0.15) is 6.67 Å². The summed E-state index contributed by atoms with van der Waals surface area (Å²) in [4.78, 5) is 14.5. The second-order valence-electron chi connectivity index (χ2n) is 20.5. The van der Waals surface area contributed by atoms with Crippen LogP contribution < -0.4 is 5.32 Å². The molecule has 292 valence electrons. The lowest BCUT2D eigenvalue weighted by Crippen LogP contribution is -2.68. The monoisotopic (exact) mass is 739 g/mol. The molecule has 11 atom stereocenters. The van der Waals surface area contributed by atoms with Crippen LogP contribution in [0.25, 0.3) is 0 Å². The molecule has 1 unspecified atom stereocenters. The van der Waals surface area contributed by atoms with Gasteiger partial charge in [-0.15, -0.1) is 0 Å². The van der Waals surface area contributed by atoms with Crippen molar-refractivity contribution in [2.24, 2.45) is 56.7 Å². The van der Waals surface area contributed by atoms with E-state index in [-0.39, 0.29) is 27.2 Å². The van der Waals surface area contributed by atoms with Crippen LogP contribution >= 0.6 is 0 Å². The molecule has 5 nitrogen and oxygen atoms in total. The molecule has 2 N–H and O–H groups in total. The number of halogens is 1. The molecule has 7 heteroatoms. The largest absolute Gasteiger partial charge is 0.481 e. The van der Waals surface area contributed by atoms with Gasteiger partial charge in [-0.1, -0.05) is 58.9 Å². The van der Waals surface area contributed by atoms with Crippen LogP contribution in [0.4, 0.5) is 4.39 Å². The van der Waals surface area contributed by atoms with Gasteiger partial charge in [-0.2, -0.15) is 0 Å². The van der Waals surface area contributed by atoms with E-state index in [4.69, 9.17) is 0 Å². The van der Waals surface area contributed by atoms with Crippen molar-refractivity contribution in [1.82, 2.24) is 10.2 Å². The van der Waals surface area contributed by atoms with Crippen LogP contribution in [0.1, 0.15) is 125 Å². The number of carbonyl (C=O) groups is 1. The topological polar surface area (TPSA) is 69.6 Å². The van der Waals surface area contributed by atoms with Crippen molar-refractivity contribution in [3.63, 3.8) is 0 Å². The summed E-state index contributed by atoms with van der Waals surface area (Å²) >= 11 is 0. The average molecular weight is 739 g/mol.